The van der Waals surface area contributed by atoms with Crippen LogP contribution in [0.15, 0.2) is 40.3 Å². The summed E-state index contributed by atoms with van der Waals surface area (Å²) in [4.78, 5) is 30.5. The van der Waals surface area contributed by atoms with E-state index in [1.54, 1.807) is 17.5 Å². The number of rotatable bonds is 5. The molecule has 146 valence electrons. The SMILES string of the molecule is CC(=O)NCc1ccc(-c2csc(NC(=O)c3ccc(C(F)(F)F)nc3)n2)o1. The first kappa shape index (κ1) is 19.5. The smallest absolute Gasteiger partial charge is 0.433 e. The topological polar surface area (TPSA) is 97.1 Å². The first-order valence-electron chi connectivity index (χ1n) is 7.86. The number of thiazole rings is 1. The van der Waals surface area contributed by atoms with Crippen molar-refractivity contribution in [1.29, 1.82) is 0 Å². The molecule has 28 heavy (non-hydrogen) atoms. The molecule has 0 saturated heterocycles. The Kier molecular flexibility index (Phi) is 5.45. The van der Waals surface area contributed by atoms with E-state index in [0.29, 0.717) is 17.2 Å². The fourth-order valence-electron chi connectivity index (χ4n) is 2.13. The molecule has 0 atom stereocenters. The Balaban J connectivity index is 1.66. The Labute approximate surface area is 160 Å². The molecule has 0 saturated carbocycles. The number of nitrogens with zero attached hydrogens (tertiary/aromatic N) is 2. The van der Waals surface area contributed by atoms with Crippen molar-refractivity contribution in [1.82, 2.24) is 15.3 Å². The summed E-state index contributed by atoms with van der Waals surface area (Å²) in [5, 5.41) is 7.01. The summed E-state index contributed by atoms with van der Waals surface area (Å²) in [6.45, 7) is 1.63. The minimum absolute atomic E-state index is 0.0275. The number of hydrogen-bond acceptors (Lipinski definition) is 6. The third-order valence-corrected chi connectivity index (χ3v) is 4.22. The van der Waals surface area contributed by atoms with Gasteiger partial charge in [0.25, 0.3) is 5.91 Å². The van der Waals surface area contributed by atoms with Crippen molar-refractivity contribution < 1.29 is 27.2 Å². The molecule has 0 aliphatic rings. The van der Waals surface area contributed by atoms with Gasteiger partial charge in [-0.05, 0) is 24.3 Å². The van der Waals surface area contributed by atoms with E-state index in [-0.39, 0.29) is 23.1 Å². The zero-order chi connectivity index (χ0) is 20.3. The minimum Gasteiger partial charge on any atom is -0.458 e. The highest BCUT2D eigenvalue weighted by Crippen LogP contribution is 2.28. The normalized spacial score (nSPS) is 11.3. The fraction of sp³-hybridized carbons (Fsp3) is 0.176. The third kappa shape index (κ3) is 4.74. The van der Waals surface area contributed by atoms with Gasteiger partial charge in [0.15, 0.2) is 10.9 Å². The van der Waals surface area contributed by atoms with E-state index in [1.165, 1.54) is 6.92 Å². The van der Waals surface area contributed by atoms with Crippen molar-refractivity contribution >= 4 is 28.3 Å². The van der Waals surface area contributed by atoms with Crippen LogP contribution in [0.1, 0.15) is 28.7 Å². The second-order valence-corrected chi connectivity index (χ2v) is 6.46. The van der Waals surface area contributed by atoms with Crippen molar-refractivity contribution in [3.63, 3.8) is 0 Å². The van der Waals surface area contributed by atoms with Crippen molar-refractivity contribution in [2.24, 2.45) is 0 Å². The number of amides is 2. The van der Waals surface area contributed by atoms with Gasteiger partial charge in [0.2, 0.25) is 5.91 Å². The summed E-state index contributed by atoms with van der Waals surface area (Å²) < 4.78 is 43.1. The van der Waals surface area contributed by atoms with Gasteiger partial charge in [-0.15, -0.1) is 11.3 Å². The molecule has 0 radical (unpaired) electrons. The summed E-state index contributed by atoms with van der Waals surface area (Å²) in [7, 11) is 0. The van der Waals surface area contributed by atoms with E-state index < -0.39 is 17.8 Å². The summed E-state index contributed by atoms with van der Waals surface area (Å²) >= 11 is 1.13. The monoisotopic (exact) mass is 410 g/mol. The highest BCUT2D eigenvalue weighted by molar-refractivity contribution is 7.14. The number of halogens is 3. The summed E-state index contributed by atoms with van der Waals surface area (Å²) in [5.41, 5.74) is -0.631. The van der Waals surface area contributed by atoms with Crippen LogP contribution in [0.3, 0.4) is 0 Å². The van der Waals surface area contributed by atoms with Crippen molar-refractivity contribution in [2.75, 3.05) is 5.32 Å². The van der Waals surface area contributed by atoms with Crippen LogP contribution in [0.25, 0.3) is 11.5 Å². The predicted molar refractivity (Wildman–Crippen MR) is 94.5 cm³/mol. The lowest BCUT2D eigenvalue weighted by Gasteiger charge is -2.06. The number of pyridine rings is 1. The van der Waals surface area contributed by atoms with Crippen LogP contribution < -0.4 is 10.6 Å². The molecule has 0 aromatic carbocycles. The Morgan fingerprint density at radius 1 is 1.21 bits per heavy atom. The Morgan fingerprint density at radius 3 is 2.64 bits per heavy atom. The lowest BCUT2D eigenvalue weighted by molar-refractivity contribution is -0.141. The average Bonchev–Trinajstić information content (AvgIpc) is 3.28. The number of alkyl halides is 3. The van der Waals surface area contributed by atoms with Gasteiger partial charge < -0.3 is 9.73 Å². The van der Waals surface area contributed by atoms with E-state index in [1.807, 2.05) is 0 Å². The summed E-state index contributed by atoms with van der Waals surface area (Å²) in [5.74, 6) is 0.176. The van der Waals surface area contributed by atoms with Crippen LogP contribution in [-0.4, -0.2) is 21.8 Å². The van der Waals surface area contributed by atoms with Gasteiger partial charge in [0.05, 0.1) is 12.1 Å². The van der Waals surface area contributed by atoms with Gasteiger partial charge in [-0.2, -0.15) is 13.2 Å². The van der Waals surface area contributed by atoms with Crippen LogP contribution in [0.4, 0.5) is 18.3 Å². The first-order valence-corrected chi connectivity index (χ1v) is 8.74. The fourth-order valence-corrected chi connectivity index (χ4v) is 2.83. The average molecular weight is 410 g/mol. The quantitative estimate of drug-likeness (QED) is 0.669. The molecule has 3 heterocycles. The van der Waals surface area contributed by atoms with E-state index in [0.717, 1.165) is 29.7 Å². The molecule has 0 unspecified atom stereocenters. The van der Waals surface area contributed by atoms with Crippen molar-refractivity contribution in [3.8, 4) is 11.5 Å². The maximum Gasteiger partial charge on any atom is 0.433 e. The molecule has 7 nitrogen and oxygen atoms in total. The zero-order valence-corrected chi connectivity index (χ0v) is 15.1. The van der Waals surface area contributed by atoms with Crippen LogP contribution in [-0.2, 0) is 17.5 Å². The van der Waals surface area contributed by atoms with Gasteiger partial charge in [-0.25, -0.2) is 4.98 Å². The van der Waals surface area contributed by atoms with E-state index >= 15 is 0 Å². The van der Waals surface area contributed by atoms with Gasteiger partial charge in [-0.3, -0.25) is 19.9 Å². The van der Waals surface area contributed by atoms with Crippen LogP contribution in [0.2, 0.25) is 0 Å². The van der Waals surface area contributed by atoms with Gasteiger partial charge in [0.1, 0.15) is 17.1 Å². The van der Waals surface area contributed by atoms with Crippen molar-refractivity contribution in [3.05, 3.63) is 52.9 Å². The maximum atomic E-state index is 12.5. The molecule has 0 aliphatic heterocycles. The Hall–Kier alpha value is -3.21. The summed E-state index contributed by atoms with van der Waals surface area (Å²) in [6.07, 6.45) is -3.71. The molecule has 0 aliphatic carbocycles. The van der Waals surface area contributed by atoms with Crippen LogP contribution >= 0.6 is 11.3 Å². The molecule has 3 aromatic rings. The number of furan rings is 1. The van der Waals surface area contributed by atoms with E-state index in [9.17, 15) is 22.8 Å². The number of carbonyl (C=O) groups excluding carboxylic acids is 2. The molecule has 3 rings (SSSR count). The molecule has 3 aromatic heterocycles. The molecule has 2 N–H and O–H groups in total. The molecule has 0 bridgehead atoms. The van der Waals surface area contributed by atoms with Crippen molar-refractivity contribution in [2.45, 2.75) is 19.6 Å². The molecular formula is C17H13F3N4O3S. The van der Waals surface area contributed by atoms with Crippen LogP contribution in [0.5, 0.6) is 0 Å². The predicted octanol–water partition coefficient (Wildman–Crippen LogP) is 3.71. The largest absolute Gasteiger partial charge is 0.458 e. The second-order valence-electron chi connectivity index (χ2n) is 5.60. The van der Waals surface area contributed by atoms with E-state index in [2.05, 4.69) is 20.6 Å². The van der Waals surface area contributed by atoms with Gasteiger partial charge >= 0.3 is 6.18 Å². The maximum absolute atomic E-state index is 12.5. The molecule has 0 spiro atoms. The Bertz CT molecular complexity index is 996. The van der Waals surface area contributed by atoms with Gasteiger partial charge in [0, 0.05) is 18.5 Å². The number of aromatic nitrogens is 2. The number of hydrogen-bond donors (Lipinski definition) is 2. The lowest BCUT2D eigenvalue weighted by atomic mass is 10.2. The highest BCUT2D eigenvalue weighted by Gasteiger charge is 2.32. The third-order valence-electron chi connectivity index (χ3n) is 3.47. The second kappa shape index (κ2) is 7.80. The number of anilines is 1. The highest BCUT2D eigenvalue weighted by atomic mass is 32.1. The lowest BCUT2D eigenvalue weighted by Crippen LogP contribution is -2.18. The Morgan fingerprint density at radius 2 is 2.00 bits per heavy atom. The van der Waals surface area contributed by atoms with Crippen LogP contribution in [0, 0.1) is 0 Å². The summed E-state index contributed by atoms with van der Waals surface area (Å²) in [6, 6.07) is 5.15. The zero-order valence-electron chi connectivity index (χ0n) is 14.3. The number of carbonyl (C=O) groups is 2. The molecule has 0 fully saturated rings. The first-order chi connectivity index (χ1) is 13.2. The molecule has 11 heteroatoms. The standard InChI is InChI=1S/C17H13F3N4O3S/c1-9(25)21-7-11-3-4-13(27-11)12-8-28-16(23-12)24-15(26)10-2-5-14(22-6-10)17(18,19)20/h2-6,8H,7H2,1H3,(H,21,25)(H,23,24,26). The minimum atomic E-state index is -4.57. The van der Waals surface area contributed by atoms with E-state index in [4.69, 9.17) is 4.42 Å². The molecular weight excluding hydrogens is 397 g/mol. The number of nitrogens with one attached hydrogen (secondary N) is 2. The molecule has 2 amide bonds. The van der Waals surface area contributed by atoms with Gasteiger partial charge in [-0.1, -0.05) is 0 Å².